The Morgan fingerprint density at radius 3 is 2.74 bits per heavy atom. The lowest BCUT2D eigenvalue weighted by Crippen LogP contribution is -2.05. The van der Waals surface area contributed by atoms with Gasteiger partial charge in [-0.15, -0.1) is 11.3 Å². The Kier molecular flexibility index (Phi) is 3.92. The number of para-hydroxylation sites is 1. The third kappa shape index (κ3) is 2.80. The van der Waals surface area contributed by atoms with Crippen molar-refractivity contribution >= 4 is 27.3 Å². The SMILES string of the molecule is C=CC(=C)N=C(C(=C)OC)c1nc2ccccc2s1. The molecular weight excluding hydrogens is 256 g/mol. The Balaban J connectivity index is 2.54. The highest BCUT2D eigenvalue weighted by Gasteiger charge is 2.14. The summed E-state index contributed by atoms with van der Waals surface area (Å²) in [7, 11) is 1.56. The molecule has 3 nitrogen and oxygen atoms in total. The quantitative estimate of drug-likeness (QED) is 0.468. The van der Waals surface area contributed by atoms with Crippen LogP contribution in [-0.2, 0) is 4.74 Å². The number of nitrogens with zero attached hydrogens (tertiary/aromatic N) is 2. The van der Waals surface area contributed by atoms with Crippen LogP contribution in [0.2, 0.25) is 0 Å². The largest absolute Gasteiger partial charge is 0.495 e. The van der Waals surface area contributed by atoms with Crippen LogP contribution < -0.4 is 0 Å². The molecule has 0 bridgehead atoms. The van der Waals surface area contributed by atoms with Gasteiger partial charge in [0.2, 0.25) is 0 Å². The number of benzene rings is 1. The predicted octanol–water partition coefficient (Wildman–Crippen LogP) is 3.95. The van der Waals surface area contributed by atoms with E-state index < -0.39 is 0 Å². The lowest BCUT2D eigenvalue weighted by Gasteiger charge is -2.05. The topological polar surface area (TPSA) is 34.5 Å². The molecule has 1 aromatic carbocycles. The molecule has 0 aliphatic rings. The molecular formula is C15H14N2OS. The van der Waals surface area contributed by atoms with E-state index in [0.717, 1.165) is 15.2 Å². The van der Waals surface area contributed by atoms with Gasteiger partial charge < -0.3 is 4.74 Å². The highest BCUT2D eigenvalue weighted by Crippen LogP contribution is 2.24. The summed E-state index contributed by atoms with van der Waals surface area (Å²) < 4.78 is 6.27. The van der Waals surface area contributed by atoms with Crippen LogP contribution in [0.5, 0.6) is 0 Å². The minimum Gasteiger partial charge on any atom is -0.495 e. The van der Waals surface area contributed by atoms with Crippen LogP contribution in [0.25, 0.3) is 10.2 Å². The van der Waals surface area contributed by atoms with Gasteiger partial charge in [-0.05, 0) is 18.2 Å². The van der Waals surface area contributed by atoms with E-state index in [1.807, 2.05) is 24.3 Å². The molecule has 0 amide bonds. The highest BCUT2D eigenvalue weighted by molar-refractivity contribution is 7.20. The summed E-state index contributed by atoms with van der Waals surface area (Å²) in [4.78, 5) is 8.90. The second kappa shape index (κ2) is 5.63. The van der Waals surface area contributed by atoms with Gasteiger partial charge in [-0.2, -0.15) is 0 Å². The summed E-state index contributed by atoms with van der Waals surface area (Å²) >= 11 is 1.54. The number of aliphatic imine (C=N–C) groups is 1. The second-order valence-corrected chi connectivity index (χ2v) is 4.80. The van der Waals surface area contributed by atoms with E-state index in [1.165, 1.54) is 0 Å². The molecule has 0 aliphatic carbocycles. The van der Waals surface area contributed by atoms with Gasteiger partial charge in [0, 0.05) is 0 Å². The smallest absolute Gasteiger partial charge is 0.146 e. The molecule has 1 heterocycles. The molecule has 4 heteroatoms. The Morgan fingerprint density at radius 1 is 1.37 bits per heavy atom. The number of thiazole rings is 1. The van der Waals surface area contributed by atoms with E-state index >= 15 is 0 Å². The third-order valence-corrected chi connectivity index (χ3v) is 3.54. The maximum absolute atomic E-state index is 5.17. The zero-order chi connectivity index (χ0) is 13.8. The molecule has 0 unspecified atom stereocenters. The molecule has 96 valence electrons. The van der Waals surface area contributed by atoms with E-state index in [2.05, 4.69) is 29.7 Å². The fraction of sp³-hybridized carbons (Fsp3) is 0.0667. The first-order chi connectivity index (χ1) is 9.15. The van der Waals surface area contributed by atoms with Crippen LogP contribution in [0, 0.1) is 0 Å². The van der Waals surface area contributed by atoms with E-state index in [1.54, 1.807) is 24.5 Å². The van der Waals surface area contributed by atoms with Gasteiger partial charge in [0.05, 0.1) is 23.0 Å². The molecule has 0 fully saturated rings. The Labute approximate surface area is 116 Å². The molecule has 0 radical (unpaired) electrons. The van der Waals surface area contributed by atoms with Crippen molar-refractivity contribution in [3.8, 4) is 0 Å². The minimum absolute atomic E-state index is 0.460. The van der Waals surface area contributed by atoms with Crippen molar-refractivity contribution in [3.63, 3.8) is 0 Å². The molecule has 1 aromatic heterocycles. The third-order valence-electron chi connectivity index (χ3n) is 2.50. The monoisotopic (exact) mass is 270 g/mol. The zero-order valence-corrected chi connectivity index (χ0v) is 11.5. The number of ether oxygens (including phenoxy) is 1. The maximum Gasteiger partial charge on any atom is 0.146 e. The van der Waals surface area contributed by atoms with Crippen molar-refractivity contribution in [2.24, 2.45) is 4.99 Å². The van der Waals surface area contributed by atoms with Crippen LogP contribution in [0.1, 0.15) is 5.01 Å². The van der Waals surface area contributed by atoms with Gasteiger partial charge in [-0.25, -0.2) is 9.98 Å². The minimum atomic E-state index is 0.460. The van der Waals surface area contributed by atoms with Gasteiger partial charge in [0.25, 0.3) is 0 Å². The van der Waals surface area contributed by atoms with Crippen molar-refractivity contribution in [2.45, 2.75) is 0 Å². The van der Waals surface area contributed by atoms with Gasteiger partial charge in [0.1, 0.15) is 16.5 Å². The standard InChI is InChI=1S/C15H14N2OS/c1-5-10(2)16-14(11(3)18-4)15-17-12-8-6-7-9-13(12)19-15/h5-9H,1-3H2,4H3. The van der Waals surface area contributed by atoms with Crippen LogP contribution in [0.15, 0.2) is 66.5 Å². The van der Waals surface area contributed by atoms with Gasteiger partial charge in [0.15, 0.2) is 0 Å². The molecule has 0 atom stereocenters. The van der Waals surface area contributed by atoms with Crippen molar-refractivity contribution in [1.29, 1.82) is 0 Å². The first kappa shape index (κ1) is 13.2. The normalized spacial score (nSPS) is 11.3. The van der Waals surface area contributed by atoms with Crippen molar-refractivity contribution in [2.75, 3.05) is 7.11 Å². The second-order valence-electron chi connectivity index (χ2n) is 3.77. The van der Waals surface area contributed by atoms with E-state index in [0.29, 0.717) is 17.2 Å². The van der Waals surface area contributed by atoms with Gasteiger partial charge in [-0.1, -0.05) is 31.9 Å². The number of aromatic nitrogens is 1. The lowest BCUT2D eigenvalue weighted by atomic mass is 10.3. The molecule has 2 rings (SSSR count). The molecule has 0 saturated carbocycles. The maximum atomic E-state index is 5.17. The fourth-order valence-corrected chi connectivity index (χ4v) is 2.46. The average Bonchev–Trinajstić information content (AvgIpc) is 2.87. The number of hydrogen-bond donors (Lipinski definition) is 0. The Bertz CT molecular complexity index is 649. The average molecular weight is 270 g/mol. The lowest BCUT2D eigenvalue weighted by molar-refractivity contribution is 0.317. The van der Waals surface area contributed by atoms with Gasteiger partial charge in [-0.3, -0.25) is 0 Å². The van der Waals surface area contributed by atoms with Crippen molar-refractivity contribution < 1.29 is 4.74 Å². The zero-order valence-electron chi connectivity index (χ0n) is 10.7. The number of rotatable bonds is 5. The summed E-state index contributed by atoms with van der Waals surface area (Å²) in [5.41, 5.74) is 2.07. The summed E-state index contributed by atoms with van der Waals surface area (Å²) in [6, 6.07) is 7.92. The summed E-state index contributed by atoms with van der Waals surface area (Å²) in [5, 5.41) is 0.760. The highest BCUT2D eigenvalue weighted by atomic mass is 32.1. The summed E-state index contributed by atoms with van der Waals surface area (Å²) in [5.74, 6) is 0.460. The summed E-state index contributed by atoms with van der Waals surface area (Å²) in [6.07, 6.45) is 1.58. The number of fused-ring (bicyclic) bond motifs is 1. The van der Waals surface area contributed by atoms with Crippen LogP contribution in [0.3, 0.4) is 0 Å². The summed E-state index contributed by atoms with van der Waals surface area (Å²) in [6.45, 7) is 11.3. The van der Waals surface area contributed by atoms with E-state index in [9.17, 15) is 0 Å². The Hall–Kier alpha value is -2.20. The van der Waals surface area contributed by atoms with Crippen LogP contribution in [0.4, 0.5) is 0 Å². The van der Waals surface area contributed by atoms with Crippen LogP contribution >= 0.6 is 11.3 Å². The van der Waals surface area contributed by atoms with E-state index in [-0.39, 0.29) is 0 Å². The number of allylic oxidation sites excluding steroid dienone is 2. The predicted molar refractivity (Wildman–Crippen MR) is 81.6 cm³/mol. The van der Waals surface area contributed by atoms with Crippen LogP contribution in [-0.4, -0.2) is 17.8 Å². The first-order valence-corrected chi connectivity index (χ1v) is 6.46. The molecule has 2 aromatic rings. The fourth-order valence-electron chi connectivity index (χ4n) is 1.49. The molecule has 0 saturated heterocycles. The molecule has 0 N–H and O–H groups in total. The molecule has 0 spiro atoms. The Morgan fingerprint density at radius 2 is 2.11 bits per heavy atom. The molecule has 19 heavy (non-hydrogen) atoms. The number of methoxy groups -OCH3 is 1. The van der Waals surface area contributed by atoms with E-state index in [4.69, 9.17) is 4.74 Å². The first-order valence-electron chi connectivity index (χ1n) is 5.65. The molecule has 0 aliphatic heterocycles. The number of hydrogen-bond acceptors (Lipinski definition) is 4. The van der Waals surface area contributed by atoms with Crippen molar-refractivity contribution in [1.82, 2.24) is 4.98 Å². The van der Waals surface area contributed by atoms with Gasteiger partial charge >= 0.3 is 0 Å². The van der Waals surface area contributed by atoms with Crippen molar-refractivity contribution in [3.05, 3.63) is 66.5 Å².